The second-order valence-electron chi connectivity index (χ2n) is 2.85. The SMILES string of the molecule is CC(CCl)CSCc1ccco1. The molecular weight excluding hydrogens is 192 g/mol. The summed E-state index contributed by atoms with van der Waals surface area (Å²) in [4.78, 5) is 0. The third kappa shape index (κ3) is 3.55. The first-order valence-corrected chi connectivity index (χ1v) is 5.68. The Kier molecular flexibility index (Phi) is 4.62. The molecule has 1 unspecified atom stereocenters. The summed E-state index contributed by atoms with van der Waals surface area (Å²) in [5.41, 5.74) is 0. The molecule has 68 valence electrons. The largest absolute Gasteiger partial charge is 0.468 e. The van der Waals surface area contributed by atoms with Crippen LogP contribution in [0.1, 0.15) is 12.7 Å². The van der Waals surface area contributed by atoms with Crippen LogP contribution in [0.4, 0.5) is 0 Å². The number of thioether (sulfide) groups is 1. The first-order valence-electron chi connectivity index (χ1n) is 3.99. The lowest BCUT2D eigenvalue weighted by Crippen LogP contribution is -1.99. The molecule has 0 aliphatic heterocycles. The van der Waals surface area contributed by atoms with E-state index >= 15 is 0 Å². The first kappa shape index (κ1) is 10.0. The molecule has 0 bridgehead atoms. The van der Waals surface area contributed by atoms with E-state index in [0.29, 0.717) is 5.92 Å². The minimum Gasteiger partial charge on any atom is -0.468 e. The molecule has 3 heteroatoms. The van der Waals surface area contributed by atoms with Crippen LogP contribution in [0.25, 0.3) is 0 Å². The Balaban J connectivity index is 2.11. The number of alkyl halides is 1. The van der Waals surface area contributed by atoms with Crippen molar-refractivity contribution in [2.24, 2.45) is 5.92 Å². The van der Waals surface area contributed by atoms with Gasteiger partial charge in [-0.05, 0) is 23.8 Å². The molecule has 1 nitrogen and oxygen atoms in total. The summed E-state index contributed by atoms with van der Waals surface area (Å²) >= 11 is 7.54. The average Bonchev–Trinajstić information content (AvgIpc) is 2.57. The van der Waals surface area contributed by atoms with Crippen molar-refractivity contribution in [3.63, 3.8) is 0 Å². The molecule has 0 fully saturated rings. The molecular formula is C9H13ClOS. The Bertz CT molecular complexity index is 198. The Morgan fingerprint density at radius 2 is 2.50 bits per heavy atom. The van der Waals surface area contributed by atoms with Crippen LogP contribution >= 0.6 is 23.4 Å². The maximum atomic E-state index is 5.68. The maximum Gasteiger partial charge on any atom is 0.113 e. The van der Waals surface area contributed by atoms with Gasteiger partial charge in [0.2, 0.25) is 0 Å². The summed E-state index contributed by atoms with van der Waals surface area (Å²) in [6, 6.07) is 3.92. The molecule has 0 saturated carbocycles. The Morgan fingerprint density at radius 3 is 3.08 bits per heavy atom. The van der Waals surface area contributed by atoms with E-state index in [4.69, 9.17) is 16.0 Å². The van der Waals surface area contributed by atoms with Crippen molar-refractivity contribution in [3.05, 3.63) is 24.2 Å². The highest BCUT2D eigenvalue weighted by atomic mass is 35.5. The second kappa shape index (κ2) is 5.55. The summed E-state index contributed by atoms with van der Waals surface area (Å²) in [5.74, 6) is 4.43. The predicted octanol–water partition coefficient (Wildman–Crippen LogP) is 3.39. The first-order chi connectivity index (χ1) is 5.83. The normalized spacial score (nSPS) is 13.2. The van der Waals surface area contributed by atoms with E-state index in [1.807, 2.05) is 23.9 Å². The van der Waals surface area contributed by atoms with Crippen molar-refractivity contribution in [2.45, 2.75) is 12.7 Å². The number of hydrogen-bond donors (Lipinski definition) is 0. The smallest absolute Gasteiger partial charge is 0.113 e. The summed E-state index contributed by atoms with van der Waals surface area (Å²) < 4.78 is 5.20. The summed E-state index contributed by atoms with van der Waals surface area (Å²) in [6.07, 6.45) is 1.71. The molecule has 0 aliphatic rings. The lowest BCUT2D eigenvalue weighted by atomic mass is 10.3. The van der Waals surface area contributed by atoms with Gasteiger partial charge in [0.25, 0.3) is 0 Å². The monoisotopic (exact) mass is 204 g/mol. The van der Waals surface area contributed by atoms with E-state index in [2.05, 4.69) is 6.92 Å². The van der Waals surface area contributed by atoms with Crippen LogP contribution in [0.2, 0.25) is 0 Å². The molecule has 12 heavy (non-hydrogen) atoms. The summed E-state index contributed by atoms with van der Waals surface area (Å²) in [5, 5.41) is 0. The van der Waals surface area contributed by atoms with Gasteiger partial charge in [-0.3, -0.25) is 0 Å². The van der Waals surface area contributed by atoms with Crippen molar-refractivity contribution in [3.8, 4) is 0 Å². The molecule has 1 aromatic rings. The highest BCUT2D eigenvalue weighted by molar-refractivity contribution is 7.98. The molecule has 0 radical (unpaired) electrons. The molecule has 1 heterocycles. The highest BCUT2D eigenvalue weighted by Gasteiger charge is 2.01. The van der Waals surface area contributed by atoms with Gasteiger partial charge in [0.15, 0.2) is 0 Å². The fourth-order valence-electron chi connectivity index (χ4n) is 0.800. The average molecular weight is 205 g/mol. The number of rotatable bonds is 5. The lowest BCUT2D eigenvalue weighted by molar-refractivity contribution is 0.530. The van der Waals surface area contributed by atoms with E-state index in [-0.39, 0.29) is 0 Å². The zero-order valence-corrected chi connectivity index (χ0v) is 8.70. The molecule has 0 aromatic carbocycles. The Hall–Kier alpha value is -0.0800. The van der Waals surface area contributed by atoms with E-state index in [0.717, 1.165) is 23.1 Å². The summed E-state index contributed by atoms with van der Waals surface area (Å²) in [7, 11) is 0. The van der Waals surface area contributed by atoms with Crippen LogP contribution in [0, 0.1) is 5.92 Å². The van der Waals surface area contributed by atoms with Crippen LogP contribution in [-0.2, 0) is 5.75 Å². The van der Waals surface area contributed by atoms with Gasteiger partial charge >= 0.3 is 0 Å². The quantitative estimate of drug-likeness (QED) is 0.683. The fourth-order valence-corrected chi connectivity index (χ4v) is 2.04. The fraction of sp³-hybridized carbons (Fsp3) is 0.556. The zero-order valence-electron chi connectivity index (χ0n) is 7.13. The van der Waals surface area contributed by atoms with Gasteiger partial charge in [0.1, 0.15) is 5.76 Å². The van der Waals surface area contributed by atoms with Crippen molar-refractivity contribution >= 4 is 23.4 Å². The second-order valence-corrected chi connectivity index (χ2v) is 4.19. The van der Waals surface area contributed by atoms with Crippen molar-refractivity contribution < 1.29 is 4.42 Å². The van der Waals surface area contributed by atoms with E-state index < -0.39 is 0 Å². The number of furan rings is 1. The van der Waals surface area contributed by atoms with E-state index in [1.165, 1.54) is 0 Å². The Labute approximate surface area is 82.5 Å². The van der Waals surface area contributed by atoms with E-state index in [9.17, 15) is 0 Å². The third-order valence-corrected chi connectivity index (χ3v) is 3.31. The molecule has 0 aliphatic carbocycles. The standard InChI is InChI=1S/C9H13ClOS/c1-8(5-10)6-12-7-9-3-2-4-11-9/h2-4,8H,5-7H2,1H3. The van der Waals surface area contributed by atoms with Crippen molar-refractivity contribution in [1.29, 1.82) is 0 Å². The molecule has 0 saturated heterocycles. The van der Waals surface area contributed by atoms with Gasteiger partial charge < -0.3 is 4.42 Å². The van der Waals surface area contributed by atoms with Gasteiger partial charge in [0, 0.05) is 5.88 Å². The molecule has 1 atom stereocenters. The van der Waals surface area contributed by atoms with Gasteiger partial charge in [-0.2, -0.15) is 11.8 Å². The molecule has 1 aromatic heterocycles. The Morgan fingerprint density at radius 1 is 1.67 bits per heavy atom. The molecule has 0 spiro atoms. The van der Waals surface area contributed by atoms with Crippen LogP contribution in [0.15, 0.2) is 22.8 Å². The van der Waals surface area contributed by atoms with Crippen LogP contribution in [0.3, 0.4) is 0 Å². The van der Waals surface area contributed by atoms with E-state index in [1.54, 1.807) is 6.26 Å². The van der Waals surface area contributed by atoms with Crippen molar-refractivity contribution in [1.82, 2.24) is 0 Å². The minimum absolute atomic E-state index is 0.589. The third-order valence-electron chi connectivity index (χ3n) is 1.49. The van der Waals surface area contributed by atoms with Gasteiger partial charge in [0.05, 0.1) is 12.0 Å². The zero-order chi connectivity index (χ0) is 8.81. The van der Waals surface area contributed by atoms with Gasteiger partial charge in [-0.15, -0.1) is 11.6 Å². The number of hydrogen-bond acceptors (Lipinski definition) is 2. The topological polar surface area (TPSA) is 13.1 Å². The minimum atomic E-state index is 0.589. The van der Waals surface area contributed by atoms with Crippen LogP contribution in [-0.4, -0.2) is 11.6 Å². The van der Waals surface area contributed by atoms with Gasteiger partial charge in [-0.25, -0.2) is 0 Å². The predicted molar refractivity (Wildman–Crippen MR) is 54.8 cm³/mol. The molecule has 1 rings (SSSR count). The van der Waals surface area contributed by atoms with Crippen LogP contribution in [0.5, 0.6) is 0 Å². The molecule has 0 N–H and O–H groups in total. The van der Waals surface area contributed by atoms with Gasteiger partial charge in [-0.1, -0.05) is 6.92 Å². The lowest BCUT2D eigenvalue weighted by Gasteiger charge is -2.04. The summed E-state index contributed by atoms with van der Waals surface area (Å²) in [6.45, 7) is 2.15. The molecule has 0 amide bonds. The number of halogens is 1. The van der Waals surface area contributed by atoms with Crippen LogP contribution < -0.4 is 0 Å². The van der Waals surface area contributed by atoms with Crippen molar-refractivity contribution in [2.75, 3.05) is 11.6 Å². The maximum absolute atomic E-state index is 5.68. The highest BCUT2D eigenvalue weighted by Crippen LogP contribution is 2.16.